The molecule has 3 N–H and O–H groups in total. The lowest BCUT2D eigenvalue weighted by Gasteiger charge is -2.31. The van der Waals surface area contributed by atoms with Crippen molar-refractivity contribution in [2.24, 2.45) is 5.92 Å². The molecule has 2 heterocycles. The van der Waals surface area contributed by atoms with Crippen LogP contribution < -0.4 is 10.6 Å². The molecule has 0 bridgehead atoms. The number of pyridine rings is 1. The van der Waals surface area contributed by atoms with Crippen molar-refractivity contribution in [2.75, 3.05) is 31.5 Å². The van der Waals surface area contributed by atoms with Crippen LogP contribution in [-0.2, 0) is 0 Å². The number of nitrogens with zero attached hydrogens (tertiary/aromatic N) is 2. The van der Waals surface area contributed by atoms with E-state index in [1.165, 1.54) is 12.8 Å². The summed E-state index contributed by atoms with van der Waals surface area (Å²) in [6, 6.07) is 7.25. The van der Waals surface area contributed by atoms with Gasteiger partial charge in [0, 0.05) is 36.3 Å². The van der Waals surface area contributed by atoms with Gasteiger partial charge in [-0.05, 0) is 44.0 Å². The Hall–Kier alpha value is -2.18. The van der Waals surface area contributed by atoms with Gasteiger partial charge in [0.25, 0.3) is 0 Å². The quantitative estimate of drug-likeness (QED) is 0.780. The van der Waals surface area contributed by atoms with E-state index in [0.29, 0.717) is 6.54 Å². The number of likely N-dealkylation sites (tertiary alicyclic amines) is 1. The van der Waals surface area contributed by atoms with E-state index >= 15 is 0 Å². The molecular weight excluding hydrogens is 316 g/mol. The first-order valence-electron chi connectivity index (χ1n) is 8.90. The largest absolute Gasteiger partial charge is 0.390 e. The van der Waals surface area contributed by atoms with Crippen molar-refractivity contribution in [3.8, 4) is 0 Å². The van der Waals surface area contributed by atoms with Crippen LogP contribution >= 0.6 is 0 Å². The third-order valence-corrected chi connectivity index (χ3v) is 4.77. The SMILES string of the molecule is CC1CCN(C[C@H](O)CNC(=O)Nc2cccc3cnccc23)CC1. The number of urea groups is 1. The summed E-state index contributed by atoms with van der Waals surface area (Å²) in [6.45, 7) is 5.16. The number of aliphatic hydroxyl groups is 1. The van der Waals surface area contributed by atoms with Gasteiger partial charge in [0.15, 0.2) is 0 Å². The number of carbonyl (C=O) groups is 1. The van der Waals surface area contributed by atoms with Gasteiger partial charge < -0.3 is 20.6 Å². The third-order valence-electron chi connectivity index (χ3n) is 4.77. The summed E-state index contributed by atoms with van der Waals surface area (Å²) < 4.78 is 0. The van der Waals surface area contributed by atoms with Crippen LogP contribution in [0.15, 0.2) is 36.7 Å². The minimum Gasteiger partial charge on any atom is -0.390 e. The first kappa shape index (κ1) is 17.6. The number of hydrogen-bond donors (Lipinski definition) is 3. The second kappa shape index (κ2) is 8.27. The summed E-state index contributed by atoms with van der Waals surface area (Å²) >= 11 is 0. The molecule has 1 atom stereocenters. The number of aromatic nitrogens is 1. The van der Waals surface area contributed by atoms with Crippen molar-refractivity contribution >= 4 is 22.5 Å². The number of piperidine rings is 1. The molecule has 1 aliphatic heterocycles. The highest BCUT2D eigenvalue weighted by atomic mass is 16.3. The Morgan fingerprint density at radius 2 is 2.16 bits per heavy atom. The number of rotatable bonds is 5. The number of carbonyl (C=O) groups excluding carboxylic acids is 1. The van der Waals surface area contributed by atoms with Crippen LogP contribution in [0.4, 0.5) is 10.5 Å². The molecule has 1 saturated heterocycles. The zero-order chi connectivity index (χ0) is 17.6. The first-order valence-corrected chi connectivity index (χ1v) is 8.90. The van der Waals surface area contributed by atoms with E-state index in [0.717, 1.165) is 35.5 Å². The second-order valence-corrected chi connectivity index (χ2v) is 6.87. The van der Waals surface area contributed by atoms with E-state index in [4.69, 9.17) is 0 Å². The van der Waals surface area contributed by atoms with Gasteiger partial charge in [-0.1, -0.05) is 19.1 Å². The molecule has 134 valence electrons. The van der Waals surface area contributed by atoms with Gasteiger partial charge in [0.2, 0.25) is 0 Å². The molecule has 25 heavy (non-hydrogen) atoms. The van der Waals surface area contributed by atoms with Crippen LogP contribution in [0.1, 0.15) is 19.8 Å². The average Bonchev–Trinajstić information content (AvgIpc) is 2.62. The first-order chi connectivity index (χ1) is 12.1. The third kappa shape index (κ3) is 4.90. The van der Waals surface area contributed by atoms with E-state index in [2.05, 4.69) is 27.4 Å². The summed E-state index contributed by atoms with van der Waals surface area (Å²) in [6.07, 6.45) is 5.26. The zero-order valence-electron chi connectivity index (χ0n) is 14.6. The highest BCUT2D eigenvalue weighted by Crippen LogP contribution is 2.22. The number of nitrogens with one attached hydrogen (secondary N) is 2. The standard InChI is InChI=1S/C19H26N4O2/c1-14-6-9-23(10-7-14)13-16(24)12-21-19(25)22-18-4-2-3-15-11-20-8-5-17(15)18/h2-5,8,11,14,16,24H,6-7,9-10,12-13H2,1H3,(H2,21,22,25)/t16-/m1/s1. The van der Waals surface area contributed by atoms with Crippen LogP contribution in [0, 0.1) is 5.92 Å². The zero-order valence-corrected chi connectivity index (χ0v) is 14.6. The number of benzene rings is 1. The number of aliphatic hydroxyl groups excluding tert-OH is 1. The van der Waals surface area contributed by atoms with Crippen LogP contribution in [0.5, 0.6) is 0 Å². The van der Waals surface area contributed by atoms with Crippen molar-refractivity contribution in [1.82, 2.24) is 15.2 Å². The number of fused-ring (bicyclic) bond motifs is 1. The Morgan fingerprint density at radius 3 is 2.96 bits per heavy atom. The highest BCUT2D eigenvalue weighted by Gasteiger charge is 2.18. The lowest BCUT2D eigenvalue weighted by molar-refractivity contribution is 0.0924. The van der Waals surface area contributed by atoms with Crippen molar-refractivity contribution in [2.45, 2.75) is 25.9 Å². The smallest absolute Gasteiger partial charge is 0.319 e. The average molecular weight is 342 g/mol. The molecule has 2 aromatic rings. The second-order valence-electron chi connectivity index (χ2n) is 6.87. The fourth-order valence-electron chi connectivity index (χ4n) is 3.22. The topological polar surface area (TPSA) is 77.5 Å². The van der Waals surface area contributed by atoms with E-state index < -0.39 is 6.10 Å². The molecule has 6 heteroatoms. The number of amides is 2. The minimum atomic E-state index is -0.559. The maximum absolute atomic E-state index is 12.1. The fraction of sp³-hybridized carbons (Fsp3) is 0.474. The predicted molar refractivity (Wildman–Crippen MR) is 99.6 cm³/mol. The molecule has 0 saturated carbocycles. The van der Waals surface area contributed by atoms with Crippen molar-refractivity contribution < 1.29 is 9.90 Å². The molecule has 0 spiro atoms. The Balaban J connectivity index is 1.47. The van der Waals surface area contributed by atoms with E-state index in [1.807, 2.05) is 24.3 Å². The van der Waals surface area contributed by atoms with E-state index in [1.54, 1.807) is 12.4 Å². The number of β-amino-alcohol motifs (C(OH)–C–C–N with tert-alkyl or cyclic N) is 1. The Labute approximate surface area is 148 Å². The highest BCUT2D eigenvalue weighted by molar-refractivity contribution is 6.01. The van der Waals surface area contributed by atoms with Crippen molar-refractivity contribution in [3.05, 3.63) is 36.7 Å². The Kier molecular flexibility index (Phi) is 5.83. The van der Waals surface area contributed by atoms with Gasteiger partial charge in [0.05, 0.1) is 11.8 Å². The van der Waals surface area contributed by atoms with Crippen LogP contribution in [-0.4, -0.2) is 53.3 Å². The van der Waals surface area contributed by atoms with Gasteiger partial charge in [0.1, 0.15) is 0 Å². The lowest BCUT2D eigenvalue weighted by Crippen LogP contribution is -2.43. The molecule has 0 aliphatic carbocycles. The monoisotopic (exact) mass is 342 g/mol. The number of anilines is 1. The maximum Gasteiger partial charge on any atom is 0.319 e. The van der Waals surface area contributed by atoms with E-state index in [9.17, 15) is 9.90 Å². The molecule has 3 rings (SSSR count). The van der Waals surface area contributed by atoms with Gasteiger partial charge in [-0.3, -0.25) is 4.98 Å². The minimum absolute atomic E-state index is 0.240. The molecule has 1 aromatic carbocycles. The summed E-state index contributed by atoms with van der Waals surface area (Å²) in [5, 5.41) is 17.7. The molecule has 1 aromatic heterocycles. The molecule has 1 fully saturated rings. The Morgan fingerprint density at radius 1 is 1.36 bits per heavy atom. The van der Waals surface area contributed by atoms with Crippen LogP contribution in [0.25, 0.3) is 10.8 Å². The fourth-order valence-corrected chi connectivity index (χ4v) is 3.22. The van der Waals surface area contributed by atoms with Gasteiger partial charge in [-0.2, -0.15) is 0 Å². The molecule has 2 amide bonds. The van der Waals surface area contributed by atoms with Gasteiger partial charge in [-0.15, -0.1) is 0 Å². The van der Waals surface area contributed by atoms with Crippen molar-refractivity contribution in [1.29, 1.82) is 0 Å². The molecule has 6 nitrogen and oxygen atoms in total. The molecule has 0 unspecified atom stereocenters. The van der Waals surface area contributed by atoms with Crippen molar-refractivity contribution in [3.63, 3.8) is 0 Å². The predicted octanol–water partition coefficient (Wildman–Crippen LogP) is 2.45. The molecule has 0 radical (unpaired) electrons. The summed E-state index contributed by atoms with van der Waals surface area (Å²) in [5.74, 6) is 0.771. The summed E-state index contributed by atoms with van der Waals surface area (Å²) in [4.78, 5) is 18.5. The van der Waals surface area contributed by atoms with Crippen LogP contribution in [0.2, 0.25) is 0 Å². The van der Waals surface area contributed by atoms with Gasteiger partial charge in [-0.25, -0.2) is 4.79 Å². The van der Waals surface area contributed by atoms with Crippen LogP contribution in [0.3, 0.4) is 0 Å². The maximum atomic E-state index is 12.1. The normalized spacial score (nSPS) is 17.4. The van der Waals surface area contributed by atoms with E-state index in [-0.39, 0.29) is 12.6 Å². The summed E-state index contributed by atoms with van der Waals surface area (Å²) in [7, 11) is 0. The van der Waals surface area contributed by atoms with Gasteiger partial charge >= 0.3 is 6.03 Å². The molecular formula is C19H26N4O2. The molecule has 1 aliphatic rings. The summed E-state index contributed by atoms with van der Waals surface area (Å²) in [5.41, 5.74) is 0.733. The Bertz CT molecular complexity index is 708. The number of hydrogen-bond acceptors (Lipinski definition) is 4. The lowest BCUT2D eigenvalue weighted by atomic mass is 9.99.